The Morgan fingerprint density at radius 1 is 1.03 bits per heavy atom. The number of carbonyl (C=O) groups is 2. The van der Waals surface area contributed by atoms with Crippen molar-refractivity contribution in [2.75, 3.05) is 27.4 Å². The maximum atomic E-state index is 14.0. The monoisotopic (exact) mass is 502 g/mol. The summed E-state index contributed by atoms with van der Waals surface area (Å²) in [6.07, 6.45) is 2.24. The summed E-state index contributed by atoms with van der Waals surface area (Å²) < 4.78 is 17.0. The van der Waals surface area contributed by atoms with Gasteiger partial charge in [0.2, 0.25) is 5.78 Å². The number of aliphatic hydroxyl groups excluding tert-OH is 1. The van der Waals surface area contributed by atoms with Crippen molar-refractivity contribution in [1.82, 2.24) is 0 Å². The molecule has 0 aromatic heterocycles. The minimum absolute atomic E-state index is 0.0494. The Morgan fingerprint density at radius 2 is 1.73 bits per heavy atom. The van der Waals surface area contributed by atoms with Crippen molar-refractivity contribution in [2.45, 2.75) is 20.3 Å². The average Bonchev–Trinajstić information content (AvgIpc) is 2.89. The summed E-state index contributed by atoms with van der Waals surface area (Å²) in [6.45, 7) is 7.95. The number of Topliss-reactive ketones (excluding diaryl/α,β-unsaturated/α-hetero) is 2. The molecular formula is C30H30O7. The van der Waals surface area contributed by atoms with Gasteiger partial charge in [0.1, 0.15) is 12.4 Å². The summed E-state index contributed by atoms with van der Waals surface area (Å²) in [7, 11) is 2.88. The first kappa shape index (κ1) is 26.0. The van der Waals surface area contributed by atoms with Crippen molar-refractivity contribution in [3.05, 3.63) is 88.2 Å². The Hall–Kier alpha value is -4.10. The lowest BCUT2D eigenvalue weighted by molar-refractivity contribution is -0.116. The van der Waals surface area contributed by atoms with Gasteiger partial charge in [-0.1, -0.05) is 24.3 Å². The van der Waals surface area contributed by atoms with E-state index in [2.05, 4.69) is 6.58 Å². The van der Waals surface area contributed by atoms with E-state index in [-0.39, 0.29) is 47.6 Å². The van der Waals surface area contributed by atoms with Gasteiger partial charge < -0.3 is 24.4 Å². The third kappa shape index (κ3) is 4.70. The highest BCUT2D eigenvalue weighted by Gasteiger charge is 2.43. The van der Waals surface area contributed by atoms with Gasteiger partial charge in [0.05, 0.1) is 26.4 Å². The van der Waals surface area contributed by atoms with Crippen molar-refractivity contribution in [3.63, 3.8) is 0 Å². The molecule has 0 saturated carbocycles. The van der Waals surface area contributed by atoms with Crippen LogP contribution in [0, 0.1) is 5.92 Å². The maximum Gasteiger partial charge on any atom is 0.229 e. The molecule has 2 aliphatic rings. The van der Waals surface area contributed by atoms with E-state index in [9.17, 15) is 19.8 Å². The summed E-state index contributed by atoms with van der Waals surface area (Å²) in [5, 5.41) is 18.9. The van der Waals surface area contributed by atoms with E-state index in [1.54, 1.807) is 31.2 Å². The second-order valence-corrected chi connectivity index (χ2v) is 9.18. The van der Waals surface area contributed by atoms with Gasteiger partial charge in [0, 0.05) is 17.1 Å². The van der Waals surface area contributed by atoms with Crippen molar-refractivity contribution in [2.24, 2.45) is 5.92 Å². The van der Waals surface area contributed by atoms with Crippen LogP contribution in [-0.2, 0) is 20.7 Å². The van der Waals surface area contributed by atoms with E-state index in [0.717, 1.165) is 16.7 Å². The van der Waals surface area contributed by atoms with Crippen LogP contribution in [0.1, 0.15) is 30.5 Å². The van der Waals surface area contributed by atoms with Gasteiger partial charge in [-0.05, 0) is 72.9 Å². The van der Waals surface area contributed by atoms with Crippen molar-refractivity contribution >= 4 is 22.7 Å². The first-order chi connectivity index (χ1) is 17.7. The molecule has 0 heterocycles. The number of aromatic hydroxyl groups is 1. The zero-order chi connectivity index (χ0) is 26.9. The second-order valence-electron chi connectivity index (χ2n) is 9.18. The third-order valence-electron chi connectivity index (χ3n) is 6.71. The number of phenols is 1. The number of rotatable bonds is 8. The first-order valence-electron chi connectivity index (χ1n) is 11.9. The average molecular weight is 503 g/mol. The Labute approximate surface area is 216 Å². The molecule has 2 aliphatic carbocycles. The predicted molar refractivity (Wildman–Crippen MR) is 140 cm³/mol. The Bertz CT molecular complexity index is 1370. The number of benzene rings is 2. The Kier molecular flexibility index (Phi) is 7.36. The number of methoxy groups -OCH3 is 2. The molecule has 0 radical (unpaired) electrons. The quantitative estimate of drug-likeness (QED) is 0.407. The van der Waals surface area contributed by atoms with Gasteiger partial charge in [0.25, 0.3) is 0 Å². The van der Waals surface area contributed by atoms with Crippen molar-refractivity contribution < 1.29 is 34.0 Å². The fourth-order valence-electron chi connectivity index (χ4n) is 4.74. The third-order valence-corrected chi connectivity index (χ3v) is 6.71. The fraction of sp³-hybridized carbons (Fsp3) is 0.267. The number of ether oxygens (including phenoxy) is 3. The van der Waals surface area contributed by atoms with Crippen LogP contribution in [0.15, 0.2) is 71.5 Å². The molecule has 0 bridgehead atoms. The molecule has 1 atom stereocenters. The largest absolute Gasteiger partial charge is 0.508 e. The number of hydrogen-bond donors (Lipinski definition) is 2. The van der Waals surface area contributed by atoms with Crippen LogP contribution in [-0.4, -0.2) is 49.2 Å². The van der Waals surface area contributed by atoms with Gasteiger partial charge in [-0.25, -0.2) is 0 Å². The van der Waals surface area contributed by atoms with E-state index in [1.165, 1.54) is 26.4 Å². The van der Waals surface area contributed by atoms with Crippen LogP contribution in [0.2, 0.25) is 0 Å². The number of carbonyl (C=O) groups excluding carboxylic acids is 2. The standard InChI is InChI=1S/C30H30O7/c1-16(2)21-12-19-13-24(37-11-10-17(3)15-31)23(35-4)14-22(19)27-26(21)28(33)25(30(36-5)29(27)34)18-6-8-20(32)9-7-18/h6-10,13-14,21,31-32H,1,11-12,15H2,2-5H3/b17-10+/t21-/m1/s1. The zero-order valence-corrected chi connectivity index (χ0v) is 21.4. The van der Waals surface area contributed by atoms with Gasteiger partial charge in [-0.2, -0.15) is 0 Å². The summed E-state index contributed by atoms with van der Waals surface area (Å²) in [4.78, 5) is 27.9. The number of fused-ring (bicyclic) bond motifs is 2. The van der Waals surface area contributed by atoms with E-state index < -0.39 is 5.78 Å². The molecule has 0 spiro atoms. The summed E-state index contributed by atoms with van der Waals surface area (Å²) >= 11 is 0. The first-order valence-corrected chi connectivity index (χ1v) is 11.9. The highest BCUT2D eigenvalue weighted by Crippen LogP contribution is 2.48. The Balaban J connectivity index is 1.88. The van der Waals surface area contributed by atoms with Crippen LogP contribution in [0.25, 0.3) is 11.1 Å². The number of allylic oxidation sites excluding steroid dienone is 4. The number of hydrogen-bond acceptors (Lipinski definition) is 7. The van der Waals surface area contributed by atoms with Crippen molar-refractivity contribution in [1.29, 1.82) is 0 Å². The maximum absolute atomic E-state index is 14.0. The molecular weight excluding hydrogens is 472 g/mol. The topological polar surface area (TPSA) is 102 Å². The normalized spacial score (nSPS) is 17.4. The van der Waals surface area contributed by atoms with Gasteiger partial charge in [0.15, 0.2) is 23.0 Å². The highest BCUT2D eigenvalue weighted by atomic mass is 16.5. The SMILES string of the molecule is C=C(C)[C@H]1Cc2cc(OC/C=C(\C)CO)c(OC)cc2C2=C1C(=O)C(c1ccc(O)cc1)=C(OC)C2=O. The lowest BCUT2D eigenvalue weighted by Crippen LogP contribution is -2.32. The number of aliphatic hydroxyl groups is 1. The molecule has 2 N–H and O–H groups in total. The van der Waals surface area contributed by atoms with Crippen molar-refractivity contribution in [3.8, 4) is 17.2 Å². The molecule has 0 unspecified atom stereocenters. The molecule has 0 fully saturated rings. The molecule has 7 heteroatoms. The van der Waals surface area contributed by atoms with Crippen LogP contribution in [0.4, 0.5) is 0 Å². The van der Waals surface area contributed by atoms with Crippen LogP contribution < -0.4 is 9.47 Å². The van der Waals surface area contributed by atoms with E-state index >= 15 is 0 Å². The van der Waals surface area contributed by atoms with Crippen LogP contribution >= 0.6 is 0 Å². The van der Waals surface area contributed by atoms with Gasteiger partial charge >= 0.3 is 0 Å². The van der Waals surface area contributed by atoms with E-state index in [1.807, 2.05) is 13.0 Å². The predicted octanol–water partition coefficient (Wildman–Crippen LogP) is 4.43. The van der Waals surface area contributed by atoms with Gasteiger partial charge in [-0.3, -0.25) is 9.59 Å². The van der Waals surface area contributed by atoms with E-state index in [0.29, 0.717) is 34.6 Å². The number of phenolic OH excluding ortho intramolecular Hbond substituents is 1. The minimum Gasteiger partial charge on any atom is -0.508 e. The van der Waals surface area contributed by atoms with Crippen LogP contribution in [0.3, 0.4) is 0 Å². The highest BCUT2D eigenvalue weighted by molar-refractivity contribution is 6.48. The molecule has 7 nitrogen and oxygen atoms in total. The molecule has 4 rings (SSSR count). The number of ketones is 2. The fourth-order valence-corrected chi connectivity index (χ4v) is 4.74. The minimum atomic E-state index is -0.399. The molecule has 0 aliphatic heterocycles. The Morgan fingerprint density at radius 3 is 2.32 bits per heavy atom. The lowest BCUT2D eigenvalue weighted by atomic mass is 9.69. The van der Waals surface area contributed by atoms with E-state index in [4.69, 9.17) is 14.2 Å². The van der Waals surface area contributed by atoms with Crippen LogP contribution in [0.5, 0.6) is 17.2 Å². The summed E-state index contributed by atoms with van der Waals surface area (Å²) in [5.74, 6) is -0.175. The zero-order valence-electron chi connectivity index (χ0n) is 21.4. The molecule has 2 aromatic rings. The molecule has 2 aromatic carbocycles. The van der Waals surface area contributed by atoms with Gasteiger partial charge in [-0.15, -0.1) is 0 Å². The summed E-state index contributed by atoms with van der Waals surface area (Å²) in [6, 6.07) is 9.67. The molecule has 192 valence electrons. The molecule has 37 heavy (non-hydrogen) atoms. The smallest absolute Gasteiger partial charge is 0.229 e. The lowest BCUT2D eigenvalue weighted by Gasteiger charge is -2.34. The summed E-state index contributed by atoms with van der Waals surface area (Å²) in [5.41, 5.74) is 4.27. The second kappa shape index (κ2) is 10.5. The molecule has 0 amide bonds. The molecule has 0 saturated heterocycles.